The van der Waals surface area contributed by atoms with E-state index in [1.54, 1.807) is 36.1 Å². The SMILES string of the molecule is CN=C(/C(C)=C\N)c1ccc(NC(=O)C(NC(=O)c2ccnn2C(C)C)C(C2CC2)C2CC2)cc1O. The van der Waals surface area contributed by atoms with Crippen molar-refractivity contribution in [3.05, 3.63) is 53.5 Å². The van der Waals surface area contributed by atoms with Gasteiger partial charge in [-0.1, -0.05) is 0 Å². The van der Waals surface area contributed by atoms with Gasteiger partial charge in [0.2, 0.25) is 5.91 Å². The number of nitrogens with one attached hydrogen (secondary N) is 2. The number of aromatic hydroxyl groups is 1. The van der Waals surface area contributed by atoms with Crippen molar-refractivity contribution < 1.29 is 14.7 Å². The van der Waals surface area contributed by atoms with Gasteiger partial charge in [0.05, 0.1) is 5.71 Å². The molecule has 2 fully saturated rings. The van der Waals surface area contributed by atoms with Gasteiger partial charge in [0, 0.05) is 36.6 Å². The summed E-state index contributed by atoms with van der Waals surface area (Å²) in [5, 5.41) is 20.9. The van der Waals surface area contributed by atoms with Gasteiger partial charge in [-0.2, -0.15) is 5.10 Å². The van der Waals surface area contributed by atoms with Crippen LogP contribution >= 0.6 is 0 Å². The summed E-state index contributed by atoms with van der Waals surface area (Å²) in [6, 6.07) is 5.94. The van der Waals surface area contributed by atoms with Crippen molar-refractivity contribution in [1.29, 1.82) is 0 Å². The van der Waals surface area contributed by atoms with Crippen LogP contribution < -0.4 is 16.4 Å². The van der Waals surface area contributed by atoms with Crippen molar-refractivity contribution in [1.82, 2.24) is 15.1 Å². The molecule has 1 atom stereocenters. The highest BCUT2D eigenvalue weighted by Crippen LogP contribution is 2.51. The standard InChI is InChI=1S/C27H36N6O3/c1-15(2)33-21(11-12-30-33)26(35)32-25(23(17-5-6-17)18-7-8-18)27(36)31-19-9-10-20(22(34)13-19)24(29-4)16(3)14-28/h9-15,17-18,23,25,34H,5-8,28H2,1-4H3,(H,31,36)(H,32,35)/b16-14-,29-24?. The lowest BCUT2D eigenvalue weighted by Gasteiger charge is -2.28. The molecule has 0 bridgehead atoms. The number of phenolic OH excluding ortho intramolecular Hbond substituents is 1. The summed E-state index contributed by atoms with van der Waals surface area (Å²) in [6.07, 6.45) is 7.34. The van der Waals surface area contributed by atoms with Gasteiger partial charge in [0.1, 0.15) is 17.5 Å². The maximum atomic E-state index is 13.6. The van der Waals surface area contributed by atoms with Crippen molar-refractivity contribution in [2.75, 3.05) is 12.4 Å². The van der Waals surface area contributed by atoms with Gasteiger partial charge in [-0.05, 0) is 94.2 Å². The second kappa shape index (κ2) is 10.6. The molecule has 2 aliphatic carbocycles. The fourth-order valence-electron chi connectivity index (χ4n) is 4.97. The number of amides is 2. The maximum Gasteiger partial charge on any atom is 0.270 e. The Bertz CT molecular complexity index is 1180. The van der Waals surface area contributed by atoms with E-state index in [1.807, 2.05) is 20.8 Å². The summed E-state index contributed by atoms with van der Waals surface area (Å²) in [6.45, 7) is 5.73. The lowest BCUT2D eigenvalue weighted by atomic mass is 9.88. The van der Waals surface area contributed by atoms with Gasteiger partial charge >= 0.3 is 0 Å². The zero-order valence-electron chi connectivity index (χ0n) is 21.4. The molecular weight excluding hydrogens is 456 g/mol. The highest BCUT2D eigenvalue weighted by atomic mass is 16.3. The van der Waals surface area contributed by atoms with E-state index in [0.29, 0.717) is 34.5 Å². The van der Waals surface area contributed by atoms with Crippen LogP contribution in [-0.4, -0.2) is 45.5 Å². The molecule has 192 valence electrons. The summed E-state index contributed by atoms with van der Waals surface area (Å²) >= 11 is 0. The number of rotatable bonds is 10. The van der Waals surface area contributed by atoms with E-state index >= 15 is 0 Å². The van der Waals surface area contributed by atoms with Crippen molar-refractivity contribution in [3.63, 3.8) is 0 Å². The molecule has 9 heteroatoms. The molecule has 1 unspecified atom stereocenters. The molecule has 1 aromatic carbocycles. The smallest absolute Gasteiger partial charge is 0.270 e. The first-order valence-electron chi connectivity index (χ1n) is 12.6. The molecule has 0 spiro atoms. The third kappa shape index (κ3) is 5.45. The third-order valence-electron chi connectivity index (χ3n) is 7.05. The molecule has 9 nitrogen and oxygen atoms in total. The number of hydrogen-bond acceptors (Lipinski definition) is 6. The number of aromatic nitrogens is 2. The maximum absolute atomic E-state index is 13.6. The molecule has 2 amide bonds. The zero-order valence-corrected chi connectivity index (χ0v) is 21.4. The minimum Gasteiger partial charge on any atom is -0.507 e. The first kappa shape index (κ1) is 25.5. The lowest BCUT2D eigenvalue weighted by Crippen LogP contribution is -2.50. The Labute approximate surface area is 211 Å². The average molecular weight is 493 g/mol. The summed E-state index contributed by atoms with van der Waals surface area (Å²) in [5.41, 5.74) is 8.34. The van der Waals surface area contributed by atoms with Gasteiger partial charge in [0.15, 0.2) is 0 Å². The molecule has 2 aliphatic rings. The molecule has 2 saturated carbocycles. The van der Waals surface area contributed by atoms with Gasteiger partial charge in [-0.3, -0.25) is 19.3 Å². The molecule has 2 aromatic rings. The molecule has 0 saturated heterocycles. The fraction of sp³-hybridized carbons (Fsp3) is 0.481. The van der Waals surface area contributed by atoms with E-state index in [1.165, 1.54) is 12.3 Å². The monoisotopic (exact) mass is 492 g/mol. The second-order valence-corrected chi connectivity index (χ2v) is 10.1. The highest BCUT2D eigenvalue weighted by Gasteiger charge is 2.48. The molecule has 36 heavy (non-hydrogen) atoms. The number of phenols is 1. The van der Waals surface area contributed by atoms with Gasteiger partial charge in [0.25, 0.3) is 5.91 Å². The molecule has 4 rings (SSSR count). The van der Waals surface area contributed by atoms with Crippen LogP contribution in [0.4, 0.5) is 5.69 Å². The van der Waals surface area contributed by atoms with Crippen LogP contribution in [0.25, 0.3) is 0 Å². The molecule has 5 N–H and O–H groups in total. The number of carbonyl (C=O) groups excluding carboxylic acids is 2. The van der Waals surface area contributed by atoms with E-state index < -0.39 is 6.04 Å². The van der Waals surface area contributed by atoms with Crippen LogP contribution in [0.1, 0.15) is 68.5 Å². The van der Waals surface area contributed by atoms with E-state index in [0.717, 1.165) is 31.3 Å². The number of allylic oxidation sites excluding steroid dienone is 1. The Morgan fingerprint density at radius 3 is 2.39 bits per heavy atom. The lowest BCUT2D eigenvalue weighted by molar-refractivity contribution is -0.119. The molecular formula is C27H36N6O3. The van der Waals surface area contributed by atoms with E-state index in [2.05, 4.69) is 20.7 Å². The minimum atomic E-state index is -0.676. The first-order chi connectivity index (χ1) is 17.2. The van der Waals surface area contributed by atoms with Crippen molar-refractivity contribution in [2.24, 2.45) is 28.5 Å². The third-order valence-corrected chi connectivity index (χ3v) is 7.05. The Morgan fingerprint density at radius 2 is 1.86 bits per heavy atom. The van der Waals surface area contributed by atoms with Crippen molar-refractivity contribution in [2.45, 2.75) is 58.5 Å². The summed E-state index contributed by atoms with van der Waals surface area (Å²) in [7, 11) is 1.63. The number of benzene rings is 1. The molecule has 1 aromatic heterocycles. The summed E-state index contributed by atoms with van der Waals surface area (Å²) in [4.78, 5) is 31.1. The fourth-order valence-corrected chi connectivity index (χ4v) is 4.97. The Hall–Kier alpha value is -3.62. The van der Waals surface area contributed by atoms with Gasteiger partial charge in [-0.25, -0.2) is 0 Å². The quantitative estimate of drug-likeness (QED) is 0.376. The Balaban J connectivity index is 1.57. The summed E-state index contributed by atoms with van der Waals surface area (Å²) < 4.78 is 1.66. The second-order valence-electron chi connectivity index (χ2n) is 10.1. The first-order valence-corrected chi connectivity index (χ1v) is 12.6. The van der Waals surface area contributed by atoms with E-state index in [4.69, 9.17) is 5.73 Å². The van der Waals surface area contributed by atoms with Gasteiger partial charge < -0.3 is 21.5 Å². The van der Waals surface area contributed by atoms with Crippen LogP contribution in [0.2, 0.25) is 0 Å². The normalized spacial score (nSPS) is 17.4. The van der Waals surface area contributed by atoms with Crippen molar-refractivity contribution in [3.8, 4) is 5.75 Å². The van der Waals surface area contributed by atoms with Crippen LogP contribution in [0.5, 0.6) is 5.75 Å². The number of aliphatic imine (C=N–C) groups is 1. The Kier molecular flexibility index (Phi) is 7.47. The van der Waals surface area contributed by atoms with Crippen LogP contribution in [-0.2, 0) is 4.79 Å². The number of nitrogens with zero attached hydrogens (tertiary/aromatic N) is 3. The Morgan fingerprint density at radius 1 is 1.19 bits per heavy atom. The molecule has 0 aliphatic heterocycles. The number of carbonyl (C=O) groups is 2. The van der Waals surface area contributed by atoms with Crippen molar-refractivity contribution >= 4 is 23.2 Å². The average Bonchev–Trinajstić information content (AvgIpc) is 3.79. The zero-order chi connectivity index (χ0) is 26.0. The van der Waals surface area contributed by atoms with Crippen LogP contribution in [0.15, 0.2) is 47.2 Å². The predicted molar refractivity (Wildman–Crippen MR) is 140 cm³/mol. The van der Waals surface area contributed by atoms with Crippen LogP contribution in [0, 0.1) is 17.8 Å². The molecule has 1 heterocycles. The number of hydrogen-bond donors (Lipinski definition) is 4. The topological polar surface area (TPSA) is 135 Å². The van der Waals surface area contributed by atoms with Gasteiger partial charge in [-0.15, -0.1) is 0 Å². The largest absolute Gasteiger partial charge is 0.507 e. The summed E-state index contributed by atoms with van der Waals surface area (Å²) in [5.74, 6) is 0.365. The van der Waals surface area contributed by atoms with E-state index in [9.17, 15) is 14.7 Å². The number of nitrogens with two attached hydrogens (primary N) is 1. The van der Waals surface area contributed by atoms with E-state index in [-0.39, 0.29) is 29.5 Å². The minimum absolute atomic E-state index is 0.0167. The van der Waals surface area contributed by atoms with Crippen LogP contribution in [0.3, 0.4) is 0 Å². The predicted octanol–water partition coefficient (Wildman–Crippen LogP) is 3.62. The highest BCUT2D eigenvalue weighted by molar-refractivity contribution is 6.14. The number of anilines is 1. The molecule has 0 radical (unpaired) electrons.